The molecule has 0 aromatic heterocycles. The van der Waals surface area contributed by atoms with Gasteiger partial charge in [-0.2, -0.15) is 0 Å². The molecule has 0 fully saturated rings. The van der Waals surface area contributed by atoms with Crippen LogP contribution in [0.5, 0.6) is 0 Å². The van der Waals surface area contributed by atoms with E-state index in [1.807, 2.05) is 0 Å². The maximum absolute atomic E-state index is 2.45. The Hall–Kier alpha value is -10.1. The van der Waals surface area contributed by atoms with E-state index in [-0.39, 0.29) is 0 Å². The summed E-state index contributed by atoms with van der Waals surface area (Å²) in [5.74, 6) is 0. The molecule has 0 saturated carbocycles. The van der Waals surface area contributed by atoms with Crippen LogP contribution in [0.15, 0.2) is 322 Å². The predicted octanol–water partition coefficient (Wildman–Crippen LogP) is 20.7. The molecular formula is C77H53N. The molecule has 0 radical (unpaired) electrons. The Morgan fingerprint density at radius 3 is 1.13 bits per heavy atom. The lowest BCUT2D eigenvalue weighted by molar-refractivity contribution is 0.769. The largest absolute Gasteiger partial charge is 0.311 e. The van der Waals surface area contributed by atoms with E-state index in [2.05, 4.69) is 326 Å². The molecule has 0 atom stereocenters. The van der Waals surface area contributed by atoms with Gasteiger partial charge in [-0.1, -0.05) is 255 Å². The van der Waals surface area contributed by atoms with Crippen molar-refractivity contribution in [2.24, 2.45) is 0 Å². The summed E-state index contributed by atoms with van der Waals surface area (Å²) >= 11 is 0. The number of fused-ring (bicyclic) bond motifs is 4. The SMILES string of the molecule is c1ccc(-c2cc(-c3ccccc3)cc(-c3ccc(N(c4ccc(-c5cccc(-c6cccc7ccccc67)c5)cc4)c4ccc(-c5ccc6c(c5)C(c5ccccc5)(c5ccccc5)c5ccccc5-6)cc4)cc3)c2)cc1. The molecule has 1 aliphatic carbocycles. The van der Waals surface area contributed by atoms with Gasteiger partial charge in [-0.05, 0) is 178 Å². The molecule has 366 valence electrons. The summed E-state index contributed by atoms with van der Waals surface area (Å²) < 4.78 is 0. The van der Waals surface area contributed by atoms with Gasteiger partial charge in [-0.25, -0.2) is 0 Å². The van der Waals surface area contributed by atoms with Crippen LogP contribution in [-0.4, -0.2) is 0 Å². The van der Waals surface area contributed by atoms with E-state index in [1.54, 1.807) is 0 Å². The van der Waals surface area contributed by atoms with Gasteiger partial charge in [0.25, 0.3) is 0 Å². The van der Waals surface area contributed by atoms with Crippen LogP contribution in [0.1, 0.15) is 22.3 Å². The summed E-state index contributed by atoms with van der Waals surface area (Å²) in [5.41, 5.74) is 24.7. The monoisotopic (exact) mass is 991 g/mol. The first-order chi connectivity index (χ1) is 38.7. The molecular weight excluding hydrogens is 939 g/mol. The smallest absolute Gasteiger partial charge is 0.0713 e. The van der Waals surface area contributed by atoms with Gasteiger partial charge in [0.1, 0.15) is 0 Å². The summed E-state index contributed by atoms with van der Waals surface area (Å²) in [6.07, 6.45) is 0. The minimum Gasteiger partial charge on any atom is -0.311 e. The minimum atomic E-state index is -0.470. The number of nitrogens with zero attached hydrogens (tertiary/aromatic N) is 1. The van der Waals surface area contributed by atoms with Crippen LogP contribution in [0, 0.1) is 0 Å². The van der Waals surface area contributed by atoms with Gasteiger partial charge in [0.2, 0.25) is 0 Å². The van der Waals surface area contributed by atoms with E-state index in [0.717, 1.165) is 28.2 Å². The van der Waals surface area contributed by atoms with Crippen molar-refractivity contribution >= 4 is 27.8 Å². The van der Waals surface area contributed by atoms with E-state index in [4.69, 9.17) is 0 Å². The van der Waals surface area contributed by atoms with Crippen molar-refractivity contribution in [3.05, 3.63) is 344 Å². The highest BCUT2D eigenvalue weighted by atomic mass is 15.1. The highest BCUT2D eigenvalue weighted by molar-refractivity contribution is 5.97. The molecule has 78 heavy (non-hydrogen) atoms. The molecule has 1 heteroatoms. The fourth-order valence-corrected chi connectivity index (χ4v) is 12.2. The molecule has 0 heterocycles. The zero-order valence-corrected chi connectivity index (χ0v) is 43.0. The van der Waals surface area contributed by atoms with Crippen LogP contribution in [0.2, 0.25) is 0 Å². The highest BCUT2D eigenvalue weighted by Gasteiger charge is 2.46. The predicted molar refractivity (Wildman–Crippen MR) is 329 cm³/mol. The molecule has 0 aliphatic heterocycles. The summed E-state index contributed by atoms with van der Waals surface area (Å²) in [4.78, 5) is 2.38. The van der Waals surface area contributed by atoms with Crippen molar-refractivity contribution in [2.75, 3.05) is 4.90 Å². The molecule has 13 aromatic carbocycles. The van der Waals surface area contributed by atoms with E-state index in [1.165, 1.54) is 99.8 Å². The summed E-state index contributed by atoms with van der Waals surface area (Å²) in [6.45, 7) is 0. The number of hydrogen-bond acceptors (Lipinski definition) is 1. The van der Waals surface area contributed by atoms with Crippen molar-refractivity contribution in [1.29, 1.82) is 0 Å². The Balaban J connectivity index is 0.857. The third-order valence-electron chi connectivity index (χ3n) is 15.9. The number of benzene rings is 13. The van der Waals surface area contributed by atoms with Crippen molar-refractivity contribution in [3.8, 4) is 77.9 Å². The van der Waals surface area contributed by atoms with Gasteiger partial charge in [0, 0.05) is 17.1 Å². The Morgan fingerprint density at radius 1 is 0.205 bits per heavy atom. The molecule has 0 unspecified atom stereocenters. The Kier molecular flexibility index (Phi) is 11.8. The third kappa shape index (κ3) is 8.30. The van der Waals surface area contributed by atoms with Crippen molar-refractivity contribution < 1.29 is 0 Å². The lowest BCUT2D eigenvalue weighted by atomic mass is 9.67. The van der Waals surface area contributed by atoms with Gasteiger partial charge >= 0.3 is 0 Å². The number of rotatable bonds is 11. The van der Waals surface area contributed by atoms with Crippen LogP contribution < -0.4 is 4.90 Å². The van der Waals surface area contributed by atoms with Gasteiger partial charge < -0.3 is 4.90 Å². The maximum Gasteiger partial charge on any atom is 0.0713 e. The average molecular weight is 992 g/mol. The first-order valence-electron chi connectivity index (χ1n) is 27.0. The first-order valence-corrected chi connectivity index (χ1v) is 27.0. The minimum absolute atomic E-state index is 0.470. The Labute approximate surface area is 457 Å². The lowest BCUT2D eigenvalue weighted by Gasteiger charge is -2.34. The van der Waals surface area contributed by atoms with Gasteiger partial charge in [-0.3, -0.25) is 0 Å². The van der Waals surface area contributed by atoms with Crippen molar-refractivity contribution in [3.63, 3.8) is 0 Å². The fourth-order valence-electron chi connectivity index (χ4n) is 12.2. The fraction of sp³-hybridized carbons (Fsp3) is 0.0130. The summed E-state index contributed by atoms with van der Waals surface area (Å²) in [6, 6.07) is 118. The van der Waals surface area contributed by atoms with Crippen LogP contribution in [0.3, 0.4) is 0 Å². The van der Waals surface area contributed by atoms with Gasteiger partial charge in [-0.15, -0.1) is 0 Å². The molecule has 0 N–H and O–H groups in total. The van der Waals surface area contributed by atoms with E-state index in [0.29, 0.717) is 0 Å². The number of hydrogen-bond donors (Lipinski definition) is 0. The van der Waals surface area contributed by atoms with Crippen LogP contribution in [0.25, 0.3) is 88.7 Å². The zero-order valence-electron chi connectivity index (χ0n) is 43.0. The summed E-state index contributed by atoms with van der Waals surface area (Å²) in [7, 11) is 0. The lowest BCUT2D eigenvalue weighted by Crippen LogP contribution is -2.28. The topological polar surface area (TPSA) is 3.24 Å². The van der Waals surface area contributed by atoms with E-state index in [9.17, 15) is 0 Å². The van der Waals surface area contributed by atoms with Gasteiger partial charge in [0.15, 0.2) is 0 Å². The van der Waals surface area contributed by atoms with Crippen LogP contribution in [0.4, 0.5) is 17.1 Å². The zero-order chi connectivity index (χ0) is 51.8. The standard InChI is InChI=1S/C77H53N/c1-5-19-54(20-6-1)63-50-64(55-21-7-2-8-22-55)52-65(51-63)58-39-46-70(47-40-58)78(68-42-35-56(36-43-68)60-25-17-26-62(49-60)72-33-18-24-59-23-13-14-31-71(59)72)69-44-37-57(38-45-69)61-41-48-74-73-32-15-16-34-75(73)77(76(74)53-61,66-27-9-3-10-28-66)67-29-11-4-12-30-67/h1-53H. The Bertz CT molecular complexity index is 4160. The molecule has 0 bridgehead atoms. The summed E-state index contributed by atoms with van der Waals surface area (Å²) in [5, 5.41) is 2.50. The van der Waals surface area contributed by atoms with E-state index >= 15 is 0 Å². The second-order valence-corrected chi connectivity index (χ2v) is 20.4. The van der Waals surface area contributed by atoms with Crippen LogP contribution in [-0.2, 0) is 5.41 Å². The molecule has 14 rings (SSSR count). The third-order valence-corrected chi connectivity index (χ3v) is 15.9. The van der Waals surface area contributed by atoms with Crippen LogP contribution >= 0.6 is 0 Å². The maximum atomic E-state index is 2.45. The van der Waals surface area contributed by atoms with E-state index < -0.39 is 5.41 Å². The van der Waals surface area contributed by atoms with Gasteiger partial charge in [0.05, 0.1) is 5.41 Å². The molecule has 0 amide bonds. The molecule has 13 aromatic rings. The highest BCUT2D eigenvalue weighted by Crippen LogP contribution is 2.57. The second-order valence-electron chi connectivity index (χ2n) is 20.4. The molecule has 0 spiro atoms. The molecule has 1 nitrogen and oxygen atoms in total. The second kappa shape index (κ2) is 19.9. The molecule has 1 aliphatic rings. The first kappa shape index (κ1) is 46.5. The van der Waals surface area contributed by atoms with Crippen molar-refractivity contribution in [1.82, 2.24) is 0 Å². The molecule has 0 saturated heterocycles. The Morgan fingerprint density at radius 2 is 0.564 bits per heavy atom. The normalized spacial score (nSPS) is 12.2. The quantitative estimate of drug-likeness (QED) is 0.125. The number of anilines is 3. The average Bonchev–Trinajstić information content (AvgIpc) is 3.61. The van der Waals surface area contributed by atoms with Crippen molar-refractivity contribution in [2.45, 2.75) is 5.41 Å².